The Balaban J connectivity index is 0.000000131. The average molecular weight is 1840 g/mol. The highest BCUT2D eigenvalue weighted by Crippen LogP contribution is 2.40. The Labute approximate surface area is 806 Å². The summed E-state index contributed by atoms with van der Waals surface area (Å²) in [5, 5.41) is 42.1. The number of benzene rings is 9. The van der Waals surface area contributed by atoms with E-state index in [0.717, 1.165) is 163 Å². The van der Waals surface area contributed by atoms with E-state index < -0.39 is 23.8 Å². The van der Waals surface area contributed by atoms with Crippen LogP contribution in [0.15, 0.2) is 343 Å². The summed E-state index contributed by atoms with van der Waals surface area (Å²) in [5.74, 6) is -1.18. The standard InChI is InChI=1S/C40H39N5O2.C21H19N3O3.C20H14N6.C18H19N3.C13H11N3.H2S/c1-26-12-14-27(15-13-26)20-36(38(41)46)43-39(47)31-10-7-9-30(22-31)37-23-35(32-21-29-8-5-6-11-34(29)42-24-32)44-45(37)25-28-16-18-33(19-17-28)40(2,3)4;1-13(25)18-11-17(12-19(18)16-7-5-4-6-8-16)20-9-10-22-21(23-20)24(14(2)26)15(3)27;1-2-4-17-15(3-1)9-16(11-21-17)19-10-18(23-24-19)13-5-7-14(8-6-13)20-12-22-26-25-20;1-2-4-17-16(3-1)15(7-10-20-17)14-11-18(21-12-14)13-5-8-19-9-6-13;1-9-6-13(16-15-9)11-7-10-4-2-3-5-12(10)14-8-11;/h5-19,21-24,36H,20,25H2,1-4H3,(H2,41,46)(H,43,47);4-11H,12H2,1-3H3;1-11H,12H2,(H,23,24);1-4,7,10-13,19,21H,5-6,8-9H2;2-8H,1H3,(H,15,16);1H2. The molecule has 0 bridgehead atoms. The fourth-order valence-electron chi connectivity index (χ4n) is 16.9. The normalized spacial score (nSPS) is 13.0. The Kier molecular flexibility index (Phi) is 29.6. The minimum atomic E-state index is -0.845. The molecule has 18 aromatic rings. The van der Waals surface area contributed by atoms with Crippen LogP contribution in [0.25, 0.3) is 122 Å². The number of aromatic amines is 3. The maximum Gasteiger partial charge on any atom is 0.251 e. The molecule has 2 aliphatic heterocycles. The molecule has 3 aliphatic rings. The van der Waals surface area contributed by atoms with Crippen LogP contribution in [0.5, 0.6) is 0 Å². The number of carbonyl (C=O) groups is 5. The maximum atomic E-state index is 13.5. The van der Waals surface area contributed by atoms with Crippen molar-refractivity contribution in [1.29, 1.82) is 0 Å². The quantitative estimate of drug-likeness (QED) is 0.0438. The fraction of sp³-hybridized carbons (Fsp3) is 0.170. The SMILES string of the molecule is CC(=O)C1=C(c2ccccc2)CC(c2ccnc(N(C(C)=O)C(C)=O)n2)=C1.Cc1cc(-c2cnc3ccccc3c2)n[nH]1.Cc1ccc(CC(NC(=O)c2cccc(-c3cc(-c4cnc5ccccc5c4)nn3Cc3ccc(C(C)(C)C)cc3)c2)C(N)=O)cc1.S.c1ccc2c(-c3c[nH]c(C4CCNCC4)c3)ccnc2c1.c1ccc2ncc(-c3cc(-c4ccc(C5=NN=NC5)cc4)[nH]n3)cc2c1. The number of nitrogens with zero attached hydrogens (tertiary/aromatic N) is 14. The van der Waals surface area contributed by atoms with Crippen molar-refractivity contribution in [2.45, 2.75) is 105 Å². The van der Waals surface area contributed by atoms with Gasteiger partial charge in [0.2, 0.25) is 23.7 Å². The van der Waals surface area contributed by atoms with E-state index in [-0.39, 0.29) is 36.5 Å². The predicted octanol–water partition coefficient (Wildman–Crippen LogP) is 21.7. The molecular formula is C112H104N20O5S. The number of para-hydroxylation sites is 4. The number of imide groups is 1. The molecule has 4 amide bonds. The number of piperidine rings is 1. The molecular weight excluding hydrogens is 1740 g/mol. The monoisotopic (exact) mass is 1840 g/mol. The number of hydrogen-bond donors (Lipinski definition) is 6. The fourth-order valence-corrected chi connectivity index (χ4v) is 16.9. The van der Waals surface area contributed by atoms with Crippen LogP contribution in [-0.4, -0.2) is 126 Å². The third-order valence-corrected chi connectivity index (χ3v) is 24.2. The van der Waals surface area contributed by atoms with Crippen molar-refractivity contribution >= 4 is 109 Å². The predicted molar refractivity (Wildman–Crippen MR) is 552 cm³/mol. The number of ketones is 1. The number of H-pyrrole nitrogens is 3. The van der Waals surface area contributed by atoms with Gasteiger partial charge >= 0.3 is 0 Å². The molecule has 11 heterocycles. The lowest BCUT2D eigenvalue weighted by Crippen LogP contribution is -2.45. The number of allylic oxidation sites excluding steroid dienone is 4. The molecule has 9 aromatic carbocycles. The lowest BCUT2D eigenvalue weighted by Gasteiger charge is -2.21. The molecule has 1 fully saturated rings. The summed E-state index contributed by atoms with van der Waals surface area (Å²) in [7, 11) is 0. The van der Waals surface area contributed by atoms with Gasteiger partial charge < -0.3 is 21.4 Å². The van der Waals surface area contributed by atoms with Gasteiger partial charge in [0.15, 0.2) is 5.78 Å². The third-order valence-electron chi connectivity index (χ3n) is 24.2. The van der Waals surface area contributed by atoms with Crippen molar-refractivity contribution in [3.8, 4) is 67.4 Å². The minimum Gasteiger partial charge on any atom is -0.368 e. The molecule has 1 atom stereocenters. The number of amides is 4. The van der Waals surface area contributed by atoms with Crippen LogP contribution in [0, 0.1) is 13.8 Å². The first kappa shape index (κ1) is 94.6. The lowest BCUT2D eigenvalue weighted by molar-refractivity contribution is -0.124. The van der Waals surface area contributed by atoms with Gasteiger partial charge in [0.05, 0.1) is 68.5 Å². The number of anilines is 1. The Morgan fingerprint density at radius 2 is 1.12 bits per heavy atom. The van der Waals surface area contributed by atoms with Gasteiger partial charge in [0.25, 0.3) is 5.91 Å². The molecule has 21 rings (SSSR count). The minimum absolute atomic E-state index is 0. The smallest absolute Gasteiger partial charge is 0.251 e. The van der Waals surface area contributed by atoms with Gasteiger partial charge in [-0.2, -0.15) is 33.9 Å². The number of rotatable bonds is 19. The Morgan fingerprint density at radius 1 is 0.536 bits per heavy atom. The first-order chi connectivity index (χ1) is 66.5. The van der Waals surface area contributed by atoms with Crippen molar-refractivity contribution in [2.24, 2.45) is 21.2 Å². The van der Waals surface area contributed by atoms with E-state index >= 15 is 0 Å². The first-order valence-corrected chi connectivity index (χ1v) is 45.5. The van der Waals surface area contributed by atoms with Gasteiger partial charge in [-0.1, -0.05) is 214 Å². The summed E-state index contributed by atoms with van der Waals surface area (Å²) in [4.78, 5) is 92.3. The second-order valence-electron chi connectivity index (χ2n) is 35.1. The molecule has 9 aromatic heterocycles. The molecule has 0 radical (unpaired) electrons. The highest BCUT2D eigenvalue weighted by molar-refractivity contribution is 7.59. The Bertz CT molecular complexity index is 7590. The van der Waals surface area contributed by atoms with Crippen molar-refractivity contribution in [2.75, 3.05) is 24.5 Å². The molecule has 0 saturated carbocycles. The van der Waals surface area contributed by atoms with Crippen LogP contribution >= 0.6 is 13.5 Å². The first-order valence-electron chi connectivity index (χ1n) is 45.5. The molecule has 7 N–H and O–H groups in total. The van der Waals surface area contributed by atoms with Gasteiger partial charge in [-0.3, -0.25) is 58.8 Å². The number of aromatic nitrogens is 13. The van der Waals surface area contributed by atoms with E-state index in [1.54, 1.807) is 12.1 Å². The number of carbonyl (C=O) groups excluding carboxylic acids is 5. The van der Waals surface area contributed by atoms with Gasteiger partial charge in [-0.05, 0) is 205 Å². The molecule has 26 heteroatoms. The maximum absolute atomic E-state index is 13.5. The van der Waals surface area contributed by atoms with E-state index in [2.05, 4.69) is 193 Å². The number of aryl methyl sites for hydroxylation is 2. The van der Waals surface area contributed by atoms with Gasteiger partial charge in [-0.15, -0.1) is 5.10 Å². The summed E-state index contributed by atoms with van der Waals surface area (Å²) in [6, 6.07) is 91.9. The zero-order valence-electron chi connectivity index (χ0n) is 77.8. The molecule has 1 saturated heterocycles. The van der Waals surface area contributed by atoms with Gasteiger partial charge in [0, 0.05) is 142 Å². The highest BCUT2D eigenvalue weighted by Gasteiger charge is 2.28. The molecule has 25 nitrogen and oxygen atoms in total. The number of nitrogens with two attached hydrogens (primary N) is 1. The van der Waals surface area contributed by atoms with E-state index in [9.17, 15) is 24.0 Å². The summed E-state index contributed by atoms with van der Waals surface area (Å²) in [5.41, 5.74) is 34.7. The zero-order chi connectivity index (χ0) is 95.1. The lowest BCUT2D eigenvalue weighted by atomic mass is 9.87. The number of primary amides is 1. The molecule has 1 unspecified atom stereocenters. The molecule has 0 spiro atoms. The van der Waals surface area contributed by atoms with E-state index in [0.29, 0.717) is 48.7 Å². The third kappa shape index (κ3) is 22.9. The largest absolute Gasteiger partial charge is 0.368 e. The molecule has 688 valence electrons. The van der Waals surface area contributed by atoms with Crippen molar-refractivity contribution in [1.82, 2.24) is 75.7 Å². The van der Waals surface area contributed by atoms with Crippen LogP contribution in [0.3, 0.4) is 0 Å². The van der Waals surface area contributed by atoms with Crippen LogP contribution in [0.4, 0.5) is 5.95 Å². The van der Waals surface area contributed by atoms with Crippen molar-refractivity contribution in [3.05, 3.63) is 384 Å². The second kappa shape index (κ2) is 43.2. The van der Waals surface area contributed by atoms with Crippen LogP contribution in [0.2, 0.25) is 0 Å². The van der Waals surface area contributed by atoms with Gasteiger partial charge in [-0.25, -0.2) is 14.9 Å². The zero-order valence-corrected chi connectivity index (χ0v) is 78.8. The highest BCUT2D eigenvalue weighted by atomic mass is 32.1. The van der Waals surface area contributed by atoms with E-state index in [1.807, 2.05) is 231 Å². The number of hydrogen-bond acceptors (Lipinski definition) is 18. The van der Waals surface area contributed by atoms with E-state index in [1.165, 1.54) is 67.6 Å². The van der Waals surface area contributed by atoms with Crippen molar-refractivity contribution in [3.63, 3.8) is 0 Å². The molecule has 1 aliphatic carbocycles. The van der Waals surface area contributed by atoms with E-state index in [4.69, 9.17) is 10.8 Å². The number of Topliss-reactive ketones (excluding diaryl/α,β-unsaturated/α-hetero) is 1. The van der Waals surface area contributed by atoms with Crippen molar-refractivity contribution < 1.29 is 24.0 Å². The molecule has 138 heavy (non-hydrogen) atoms. The number of pyridine rings is 4. The summed E-state index contributed by atoms with van der Waals surface area (Å²) in [6.07, 6.45) is 16.2. The Hall–Kier alpha value is -16.6. The summed E-state index contributed by atoms with van der Waals surface area (Å²) >= 11 is 0. The van der Waals surface area contributed by atoms with Crippen LogP contribution in [-0.2, 0) is 37.6 Å². The summed E-state index contributed by atoms with van der Waals surface area (Å²) < 4.78 is 1.97. The number of nitrogens with one attached hydrogen (secondary N) is 5. The summed E-state index contributed by atoms with van der Waals surface area (Å²) in [6.45, 7) is 18.0. The second-order valence-corrected chi connectivity index (χ2v) is 35.1. The topological polar surface area (TPSA) is 344 Å². The van der Waals surface area contributed by atoms with Crippen LogP contribution < -0.4 is 21.3 Å². The Morgan fingerprint density at radius 3 is 1.73 bits per heavy atom. The number of fused-ring (bicyclic) bond motifs is 4. The van der Waals surface area contributed by atoms with Crippen LogP contribution in [0.1, 0.15) is 128 Å². The van der Waals surface area contributed by atoms with Gasteiger partial charge in [0.1, 0.15) is 12.6 Å². The average Bonchev–Trinajstić information content (AvgIpc) is 1.69.